The number of rotatable bonds is 1. The zero-order valence-corrected chi connectivity index (χ0v) is 9.47. The third kappa shape index (κ3) is 1.66. The first kappa shape index (κ1) is 10.5. The second-order valence-electron chi connectivity index (χ2n) is 4.38. The van der Waals surface area contributed by atoms with Gasteiger partial charge in [0.1, 0.15) is 5.60 Å². The van der Waals surface area contributed by atoms with Gasteiger partial charge in [0, 0.05) is 0 Å². The maximum absolute atomic E-state index is 10.9. The molecule has 0 aliphatic carbocycles. The molecule has 0 saturated heterocycles. The lowest BCUT2D eigenvalue weighted by molar-refractivity contribution is -0.0455. The molecule has 2 heteroatoms. The monoisotopic (exact) mass is 226 g/mol. The molecule has 0 fully saturated rings. The Kier molecular flexibility index (Phi) is 2.46. The molecule has 0 bridgehead atoms. The average molecular weight is 226 g/mol. The summed E-state index contributed by atoms with van der Waals surface area (Å²) in [6, 6.07) is 17.6. The summed E-state index contributed by atoms with van der Waals surface area (Å²) >= 11 is 0. The van der Waals surface area contributed by atoms with Crippen LogP contribution in [0.15, 0.2) is 54.6 Å². The van der Waals surface area contributed by atoms with Crippen LogP contribution in [0, 0.1) is 0 Å². The van der Waals surface area contributed by atoms with Gasteiger partial charge >= 0.3 is 0 Å². The van der Waals surface area contributed by atoms with E-state index in [2.05, 4.69) is 0 Å². The van der Waals surface area contributed by atoms with Gasteiger partial charge in [-0.15, -0.1) is 0 Å². The lowest BCUT2D eigenvalue weighted by atomic mass is 9.83. The molecule has 0 spiro atoms. The summed E-state index contributed by atoms with van der Waals surface area (Å²) in [6.45, 7) is 0.888. The Labute approximate surface area is 100 Å². The first-order valence-corrected chi connectivity index (χ1v) is 5.75. The zero-order valence-electron chi connectivity index (χ0n) is 9.47. The van der Waals surface area contributed by atoms with Crippen molar-refractivity contribution in [3.05, 3.63) is 71.3 Å². The van der Waals surface area contributed by atoms with Crippen LogP contribution < -0.4 is 0 Å². The van der Waals surface area contributed by atoms with E-state index in [1.165, 1.54) is 0 Å². The Balaban J connectivity index is 2.16. The van der Waals surface area contributed by atoms with Crippen LogP contribution in [0.5, 0.6) is 0 Å². The third-order valence-electron chi connectivity index (χ3n) is 3.28. The van der Waals surface area contributed by atoms with Crippen LogP contribution in [0.3, 0.4) is 0 Å². The summed E-state index contributed by atoms with van der Waals surface area (Å²) in [4.78, 5) is 0. The lowest BCUT2D eigenvalue weighted by Gasteiger charge is -2.34. The van der Waals surface area contributed by atoms with Crippen LogP contribution in [0.2, 0.25) is 0 Å². The van der Waals surface area contributed by atoms with Crippen molar-refractivity contribution in [1.29, 1.82) is 0 Å². The van der Waals surface area contributed by atoms with Crippen LogP contribution in [0.4, 0.5) is 0 Å². The molecule has 1 atom stereocenters. The fourth-order valence-electron chi connectivity index (χ4n) is 2.39. The number of hydrogen-bond donors (Lipinski definition) is 1. The molecule has 17 heavy (non-hydrogen) atoms. The highest BCUT2D eigenvalue weighted by molar-refractivity contribution is 5.42. The third-order valence-corrected chi connectivity index (χ3v) is 3.28. The van der Waals surface area contributed by atoms with Crippen molar-refractivity contribution in [3.8, 4) is 0 Å². The summed E-state index contributed by atoms with van der Waals surface area (Å²) in [5.74, 6) is 0. The fourth-order valence-corrected chi connectivity index (χ4v) is 2.39. The van der Waals surface area contributed by atoms with E-state index >= 15 is 0 Å². The van der Waals surface area contributed by atoms with E-state index in [0.717, 1.165) is 16.7 Å². The van der Waals surface area contributed by atoms with Crippen molar-refractivity contribution >= 4 is 0 Å². The molecule has 1 aliphatic heterocycles. The van der Waals surface area contributed by atoms with Gasteiger partial charge in [0.15, 0.2) is 0 Å². The second kappa shape index (κ2) is 3.99. The predicted molar refractivity (Wildman–Crippen MR) is 65.5 cm³/mol. The zero-order chi connectivity index (χ0) is 11.7. The Bertz CT molecular complexity index is 521. The van der Waals surface area contributed by atoms with Gasteiger partial charge in [0.05, 0.1) is 13.2 Å². The fraction of sp³-hybridized carbons (Fsp3) is 0.200. The minimum atomic E-state index is -1.02. The molecule has 0 saturated carbocycles. The molecular formula is C15H14O2. The van der Waals surface area contributed by atoms with Crippen molar-refractivity contribution in [2.24, 2.45) is 0 Å². The maximum Gasteiger partial charge on any atom is 0.138 e. The van der Waals surface area contributed by atoms with Gasteiger partial charge in [-0.1, -0.05) is 54.6 Å². The molecule has 0 radical (unpaired) electrons. The molecule has 1 heterocycles. The Morgan fingerprint density at radius 1 is 0.941 bits per heavy atom. The van der Waals surface area contributed by atoms with Gasteiger partial charge in [-0.3, -0.25) is 0 Å². The molecule has 0 amide bonds. The van der Waals surface area contributed by atoms with Crippen molar-refractivity contribution in [2.45, 2.75) is 12.2 Å². The van der Waals surface area contributed by atoms with E-state index in [4.69, 9.17) is 4.74 Å². The smallest absolute Gasteiger partial charge is 0.138 e. The standard InChI is InChI=1S/C15H14O2/c16-15(13-7-2-1-3-8-13)11-17-10-12-6-4-5-9-14(12)15/h1-9,16H,10-11H2. The average Bonchev–Trinajstić information content (AvgIpc) is 2.40. The van der Waals surface area contributed by atoms with Crippen LogP contribution in [0.1, 0.15) is 16.7 Å². The number of aliphatic hydroxyl groups is 1. The molecule has 1 N–H and O–H groups in total. The Morgan fingerprint density at radius 2 is 1.65 bits per heavy atom. The number of ether oxygens (including phenoxy) is 1. The largest absolute Gasteiger partial charge is 0.378 e. The minimum absolute atomic E-state index is 0.314. The van der Waals surface area contributed by atoms with E-state index < -0.39 is 5.60 Å². The molecule has 2 aromatic rings. The number of benzene rings is 2. The van der Waals surface area contributed by atoms with E-state index in [1.807, 2.05) is 54.6 Å². The summed E-state index contributed by atoms with van der Waals surface area (Å²) < 4.78 is 5.52. The summed E-state index contributed by atoms with van der Waals surface area (Å²) in [5, 5.41) is 10.9. The van der Waals surface area contributed by atoms with Gasteiger partial charge < -0.3 is 9.84 Å². The quantitative estimate of drug-likeness (QED) is 0.809. The second-order valence-corrected chi connectivity index (χ2v) is 4.38. The molecule has 2 nitrogen and oxygen atoms in total. The highest BCUT2D eigenvalue weighted by Gasteiger charge is 2.36. The van der Waals surface area contributed by atoms with Crippen molar-refractivity contribution in [1.82, 2.24) is 0 Å². The maximum atomic E-state index is 10.9. The van der Waals surface area contributed by atoms with Crippen molar-refractivity contribution in [3.63, 3.8) is 0 Å². The first-order valence-electron chi connectivity index (χ1n) is 5.75. The van der Waals surface area contributed by atoms with Crippen LogP contribution in [-0.4, -0.2) is 11.7 Å². The van der Waals surface area contributed by atoms with Crippen LogP contribution in [-0.2, 0) is 16.9 Å². The van der Waals surface area contributed by atoms with Crippen molar-refractivity contribution in [2.75, 3.05) is 6.61 Å². The Hall–Kier alpha value is -1.64. The van der Waals surface area contributed by atoms with Crippen molar-refractivity contribution < 1.29 is 9.84 Å². The van der Waals surface area contributed by atoms with Crippen LogP contribution in [0.25, 0.3) is 0 Å². The predicted octanol–water partition coefficient (Wildman–Crippen LogP) is 2.45. The normalized spacial score (nSPS) is 23.1. The SMILES string of the molecule is OC1(c2ccccc2)COCc2ccccc21. The topological polar surface area (TPSA) is 29.5 Å². The molecule has 86 valence electrons. The summed E-state index contributed by atoms with van der Waals surface area (Å²) in [5.41, 5.74) is 1.88. The van der Waals surface area contributed by atoms with E-state index in [1.54, 1.807) is 0 Å². The summed E-state index contributed by atoms with van der Waals surface area (Å²) in [7, 11) is 0. The van der Waals surface area contributed by atoms with E-state index in [9.17, 15) is 5.11 Å². The highest BCUT2D eigenvalue weighted by atomic mass is 16.5. The minimum Gasteiger partial charge on any atom is -0.378 e. The van der Waals surface area contributed by atoms with Gasteiger partial charge in [-0.25, -0.2) is 0 Å². The molecule has 3 rings (SSSR count). The van der Waals surface area contributed by atoms with Gasteiger partial charge in [-0.05, 0) is 16.7 Å². The first-order chi connectivity index (χ1) is 8.31. The van der Waals surface area contributed by atoms with E-state index in [-0.39, 0.29) is 0 Å². The van der Waals surface area contributed by atoms with E-state index in [0.29, 0.717) is 13.2 Å². The Morgan fingerprint density at radius 3 is 2.47 bits per heavy atom. The summed E-state index contributed by atoms with van der Waals surface area (Å²) in [6.07, 6.45) is 0. The number of fused-ring (bicyclic) bond motifs is 1. The number of hydrogen-bond acceptors (Lipinski definition) is 2. The molecule has 1 unspecified atom stereocenters. The van der Waals surface area contributed by atoms with Gasteiger partial charge in [-0.2, -0.15) is 0 Å². The molecular weight excluding hydrogens is 212 g/mol. The highest BCUT2D eigenvalue weighted by Crippen LogP contribution is 2.35. The van der Waals surface area contributed by atoms with Gasteiger partial charge in [0.2, 0.25) is 0 Å². The molecule has 2 aromatic carbocycles. The lowest BCUT2D eigenvalue weighted by Crippen LogP contribution is -2.37. The molecule has 1 aliphatic rings. The molecule has 0 aromatic heterocycles. The van der Waals surface area contributed by atoms with Crippen LogP contribution >= 0.6 is 0 Å². The van der Waals surface area contributed by atoms with Gasteiger partial charge in [0.25, 0.3) is 0 Å².